The molecule has 8 nitrogen and oxygen atoms in total. The number of hydrogen-bond donors (Lipinski definition) is 2. The van der Waals surface area contributed by atoms with Gasteiger partial charge in [0.05, 0.1) is 6.54 Å². The first kappa shape index (κ1) is 25.4. The van der Waals surface area contributed by atoms with Gasteiger partial charge in [0.25, 0.3) is 5.91 Å². The Hall–Kier alpha value is -2.29. The number of benzene rings is 1. The number of carbonyl (C=O) groups is 3. The average molecular weight is 498 g/mol. The minimum Gasteiger partial charge on any atom is -0.388 e. The van der Waals surface area contributed by atoms with Crippen molar-refractivity contribution in [3.63, 3.8) is 0 Å². The molecule has 0 aromatic heterocycles. The molecule has 0 radical (unpaired) electrons. The molecule has 1 aliphatic carbocycles. The van der Waals surface area contributed by atoms with Crippen LogP contribution in [0.25, 0.3) is 0 Å². The average Bonchev–Trinajstić information content (AvgIpc) is 3.38. The summed E-state index contributed by atoms with van der Waals surface area (Å²) in [4.78, 5) is 42.9. The van der Waals surface area contributed by atoms with Gasteiger partial charge in [-0.15, -0.1) is 0 Å². The SMILES string of the molecule is CC(C)C[C@H](NC(=O)c1ccc(C2CCN(C3CCC3)CC2)cc1)C(=O)N1C[C@@H](O)[C@H]2OCC(=O)[C@H]21. The van der Waals surface area contributed by atoms with E-state index >= 15 is 0 Å². The maximum atomic E-state index is 13.4. The number of fused-ring (bicyclic) bond motifs is 1. The number of β-amino-alcohol motifs (C(OH)–C–C–N with tert-alkyl or cyclic N) is 1. The molecule has 36 heavy (non-hydrogen) atoms. The van der Waals surface area contributed by atoms with Gasteiger partial charge in [0.15, 0.2) is 5.78 Å². The van der Waals surface area contributed by atoms with Gasteiger partial charge in [-0.25, -0.2) is 0 Å². The van der Waals surface area contributed by atoms with Crippen molar-refractivity contribution in [3.8, 4) is 0 Å². The molecule has 3 heterocycles. The van der Waals surface area contributed by atoms with Crippen molar-refractivity contribution in [3.05, 3.63) is 35.4 Å². The number of ketones is 1. The summed E-state index contributed by atoms with van der Waals surface area (Å²) < 4.78 is 5.40. The Morgan fingerprint density at radius 3 is 2.42 bits per heavy atom. The Labute approximate surface area is 213 Å². The molecule has 1 aromatic rings. The zero-order chi connectivity index (χ0) is 25.4. The van der Waals surface area contributed by atoms with Crippen molar-refractivity contribution in [2.75, 3.05) is 26.2 Å². The van der Waals surface area contributed by atoms with E-state index in [1.807, 2.05) is 38.1 Å². The fourth-order valence-corrected chi connectivity index (χ4v) is 6.25. The summed E-state index contributed by atoms with van der Waals surface area (Å²) in [6.45, 7) is 6.22. The first-order valence-electron chi connectivity index (χ1n) is 13.6. The van der Waals surface area contributed by atoms with Gasteiger partial charge in [-0.05, 0) is 74.7 Å². The van der Waals surface area contributed by atoms with Crippen molar-refractivity contribution >= 4 is 17.6 Å². The predicted molar refractivity (Wildman–Crippen MR) is 135 cm³/mol. The number of aliphatic hydroxyl groups is 1. The quantitative estimate of drug-likeness (QED) is 0.599. The van der Waals surface area contributed by atoms with Crippen LogP contribution in [0.4, 0.5) is 0 Å². The van der Waals surface area contributed by atoms with Crippen molar-refractivity contribution in [2.45, 2.75) is 88.6 Å². The molecule has 0 bridgehead atoms. The Balaban J connectivity index is 1.21. The maximum absolute atomic E-state index is 13.4. The molecule has 4 fully saturated rings. The number of amides is 2. The third kappa shape index (κ3) is 5.08. The summed E-state index contributed by atoms with van der Waals surface area (Å²) >= 11 is 0. The summed E-state index contributed by atoms with van der Waals surface area (Å²) in [7, 11) is 0. The van der Waals surface area contributed by atoms with Crippen LogP contribution in [0.5, 0.6) is 0 Å². The largest absolute Gasteiger partial charge is 0.388 e. The molecular weight excluding hydrogens is 458 g/mol. The van der Waals surface area contributed by atoms with Gasteiger partial charge in [0.1, 0.15) is 30.9 Å². The van der Waals surface area contributed by atoms with Crippen molar-refractivity contribution < 1.29 is 24.2 Å². The van der Waals surface area contributed by atoms with E-state index < -0.39 is 24.3 Å². The van der Waals surface area contributed by atoms with E-state index in [1.165, 1.54) is 29.7 Å². The van der Waals surface area contributed by atoms with E-state index in [0.29, 0.717) is 17.9 Å². The molecule has 2 N–H and O–H groups in total. The molecule has 5 rings (SSSR count). The lowest BCUT2D eigenvalue weighted by Gasteiger charge is -2.42. The van der Waals surface area contributed by atoms with Gasteiger partial charge in [-0.3, -0.25) is 14.4 Å². The summed E-state index contributed by atoms with van der Waals surface area (Å²) in [6.07, 6.45) is 5.24. The third-order valence-electron chi connectivity index (χ3n) is 8.52. The van der Waals surface area contributed by atoms with Gasteiger partial charge in [-0.2, -0.15) is 0 Å². The number of ether oxygens (including phenoxy) is 1. The van der Waals surface area contributed by atoms with Crippen LogP contribution in [0.2, 0.25) is 0 Å². The van der Waals surface area contributed by atoms with Crippen molar-refractivity contribution in [1.82, 2.24) is 15.1 Å². The van der Waals surface area contributed by atoms with Crippen LogP contribution in [-0.2, 0) is 14.3 Å². The van der Waals surface area contributed by atoms with Gasteiger partial charge in [0, 0.05) is 11.6 Å². The number of rotatable bonds is 7. The fourth-order valence-electron chi connectivity index (χ4n) is 6.25. The predicted octanol–water partition coefficient (Wildman–Crippen LogP) is 2.10. The van der Waals surface area contributed by atoms with E-state index in [1.54, 1.807) is 0 Å². The second kappa shape index (κ2) is 10.6. The van der Waals surface area contributed by atoms with Gasteiger partial charge in [0.2, 0.25) is 5.91 Å². The molecule has 0 spiro atoms. The number of nitrogens with zero attached hydrogens (tertiary/aromatic N) is 2. The highest BCUT2D eigenvalue weighted by atomic mass is 16.5. The molecule has 1 saturated carbocycles. The van der Waals surface area contributed by atoms with E-state index in [9.17, 15) is 19.5 Å². The molecule has 4 aliphatic rings. The lowest BCUT2D eigenvalue weighted by atomic mass is 9.85. The summed E-state index contributed by atoms with van der Waals surface area (Å²) in [6, 6.07) is 7.06. The van der Waals surface area contributed by atoms with Crippen LogP contribution in [0.15, 0.2) is 24.3 Å². The van der Waals surface area contributed by atoms with Crippen LogP contribution in [0, 0.1) is 5.92 Å². The Bertz CT molecular complexity index is 968. The molecule has 3 aliphatic heterocycles. The summed E-state index contributed by atoms with van der Waals surface area (Å²) in [5.74, 6) is -0.155. The second-order valence-electron chi connectivity index (χ2n) is 11.4. The monoisotopic (exact) mass is 497 g/mol. The normalized spacial score (nSPS) is 28.3. The topological polar surface area (TPSA) is 99.2 Å². The number of nitrogens with one attached hydrogen (secondary N) is 1. The van der Waals surface area contributed by atoms with Crippen LogP contribution in [0.1, 0.15) is 74.2 Å². The first-order chi connectivity index (χ1) is 17.3. The number of Topliss-reactive ketones (excluding diaryl/α,β-unsaturated/α-hetero) is 1. The molecule has 3 saturated heterocycles. The van der Waals surface area contributed by atoms with E-state index in [0.717, 1.165) is 32.0 Å². The van der Waals surface area contributed by atoms with Crippen LogP contribution < -0.4 is 5.32 Å². The molecular formula is C28H39N3O5. The van der Waals surface area contributed by atoms with Gasteiger partial charge < -0.3 is 25.0 Å². The molecule has 8 heteroatoms. The summed E-state index contributed by atoms with van der Waals surface area (Å²) in [5.41, 5.74) is 1.79. The number of aliphatic hydroxyl groups excluding tert-OH is 1. The molecule has 1 aromatic carbocycles. The number of carbonyl (C=O) groups excluding carboxylic acids is 3. The fraction of sp³-hybridized carbons (Fsp3) is 0.679. The third-order valence-corrected chi connectivity index (χ3v) is 8.52. The highest BCUT2D eigenvalue weighted by Gasteiger charge is 2.52. The van der Waals surface area contributed by atoms with E-state index in [-0.39, 0.29) is 36.7 Å². The number of hydrogen-bond acceptors (Lipinski definition) is 6. The van der Waals surface area contributed by atoms with Crippen molar-refractivity contribution in [1.29, 1.82) is 0 Å². The lowest BCUT2D eigenvalue weighted by molar-refractivity contribution is -0.138. The number of likely N-dealkylation sites (tertiary alicyclic amines) is 2. The summed E-state index contributed by atoms with van der Waals surface area (Å²) in [5, 5.41) is 13.2. The van der Waals surface area contributed by atoms with Crippen molar-refractivity contribution in [2.24, 2.45) is 5.92 Å². The molecule has 196 valence electrons. The van der Waals surface area contributed by atoms with Crippen LogP contribution in [0.3, 0.4) is 0 Å². The maximum Gasteiger partial charge on any atom is 0.251 e. The van der Waals surface area contributed by atoms with Crippen LogP contribution >= 0.6 is 0 Å². The second-order valence-corrected chi connectivity index (χ2v) is 11.4. The van der Waals surface area contributed by atoms with E-state index in [2.05, 4.69) is 10.2 Å². The Kier molecular flexibility index (Phi) is 7.47. The first-order valence-corrected chi connectivity index (χ1v) is 13.6. The highest BCUT2D eigenvalue weighted by molar-refractivity contribution is 5.99. The lowest BCUT2D eigenvalue weighted by Crippen LogP contribution is -2.52. The smallest absolute Gasteiger partial charge is 0.251 e. The molecule has 0 unspecified atom stereocenters. The van der Waals surface area contributed by atoms with Gasteiger partial charge in [-0.1, -0.05) is 32.4 Å². The van der Waals surface area contributed by atoms with E-state index in [4.69, 9.17) is 4.74 Å². The van der Waals surface area contributed by atoms with Gasteiger partial charge >= 0.3 is 0 Å². The standard InChI is InChI=1S/C28H39N3O5/c1-17(2)14-22(28(35)31-15-23(32)26-25(31)24(33)16-36-26)29-27(34)20-8-6-18(7-9-20)19-10-12-30(13-11-19)21-4-3-5-21/h6-9,17,19,21-23,25-26,32H,3-5,10-16H2,1-2H3,(H,29,34)/t22-,23+,25+,26+/m0/s1. The number of piperidine rings is 1. The molecule has 4 atom stereocenters. The highest BCUT2D eigenvalue weighted by Crippen LogP contribution is 2.33. The molecule has 2 amide bonds. The Morgan fingerprint density at radius 1 is 1.11 bits per heavy atom. The minimum absolute atomic E-state index is 0.0403. The minimum atomic E-state index is -0.895. The zero-order valence-electron chi connectivity index (χ0n) is 21.4. The van der Waals surface area contributed by atoms with Crippen LogP contribution in [-0.4, -0.2) is 89.1 Å². The zero-order valence-corrected chi connectivity index (χ0v) is 21.4. The Morgan fingerprint density at radius 2 is 1.81 bits per heavy atom.